The standard InChI is InChI=1S/C67H108O31/c1-11-27(2)56(86)97-52-50(83)60(95-35(51(52)90-28(3)71)25-88-58-48(81)44(77)40(73)32(22-69)92-58)96-38-15-16-64(8)36(63(38,6)7)14-17-66(10)37(64)13-12-29-30-20-62(4,5)54(84)55(85)67(30,19-18-65(29,66)9)26-89-61-53(98-59-49(82)45(78)41(74)33(23-70)93-59)46(79)42(75)34(94-61)24-87-57-47(80)43(76)39(72)31(21-68)91-57/h11-12,30-55,57-61,68-70,72-85H,13-26H2,1-10H3/t30-,31+,32+,33+,34+,35+,36-,37+,38-,39+,40+,41+,42+,43-,44-,45-,46-,47+,48+,49+,50+,51+,52+,53+,54-,55-,57+,58+,59-,60-,61+,64-,65+,66+,67-/m0/s1. The van der Waals surface area contributed by atoms with Crippen LogP contribution in [0.15, 0.2) is 23.3 Å². The highest BCUT2D eigenvalue weighted by molar-refractivity contribution is 5.87. The van der Waals surface area contributed by atoms with Gasteiger partial charge in [-0.3, -0.25) is 4.79 Å². The molecule has 31 nitrogen and oxygen atoms in total. The van der Waals surface area contributed by atoms with Gasteiger partial charge in [-0.15, -0.1) is 0 Å². The highest BCUT2D eigenvalue weighted by Gasteiger charge is 2.71. The quantitative estimate of drug-likeness (QED) is 0.0256. The number of carbonyl (C=O) groups excluding carboxylic acids is 2. The molecule has 4 saturated carbocycles. The first-order chi connectivity index (χ1) is 45.9. The van der Waals surface area contributed by atoms with Crippen molar-refractivity contribution in [3.05, 3.63) is 23.3 Å². The fourth-order valence-corrected chi connectivity index (χ4v) is 18.8. The topological polar surface area (TPSA) is 489 Å². The van der Waals surface area contributed by atoms with Gasteiger partial charge in [0.1, 0.15) is 110 Å². The van der Waals surface area contributed by atoms with E-state index in [1.165, 1.54) is 13.0 Å². The Kier molecular flexibility index (Phi) is 23.6. The van der Waals surface area contributed by atoms with Crippen molar-refractivity contribution in [3.63, 3.8) is 0 Å². The molecule has 0 aromatic carbocycles. The minimum absolute atomic E-state index is 0.00760. The van der Waals surface area contributed by atoms with E-state index in [9.17, 15) is 96.4 Å². The molecular weight excluding hydrogens is 1300 g/mol. The van der Waals surface area contributed by atoms with E-state index in [2.05, 4.69) is 40.7 Å². The Morgan fingerprint density at radius 2 is 1.02 bits per heavy atom. The number of rotatable bonds is 19. The summed E-state index contributed by atoms with van der Waals surface area (Å²) in [6, 6.07) is 0. The van der Waals surface area contributed by atoms with Crippen molar-refractivity contribution in [2.45, 2.75) is 292 Å². The van der Waals surface area contributed by atoms with Crippen molar-refractivity contribution < 1.29 is 153 Å². The van der Waals surface area contributed by atoms with Crippen LogP contribution in [-0.4, -0.2) is 310 Å². The van der Waals surface area contributed by atoms with Crippen molar-refractivity contribution in [1.29, 1.82) is 0 Å². The zero-order chi connectivity index (χ0) is 72.0. The molecule has 31 heteroatoms. The highest BCUT2D eigenvalue weighted by Crippen LogP contribution is 2.76. The molecule has 35 atom stereocenters. The van der Waals surface area contributed by atoms with Crippen LogP contribution in [0.2, 0.25) is 0 Å². The molecule has 0 radical (unpaired) electrons. The number of allylic oxidation sites excluding steroid dienone is 3. The molecule has 0 amide bonds. The van der Waals surface area contributed by atoms with E-state index in [-0.39, 0.29) is 41.3 Å². The summed E-state index contributed by atoms with van der Waals surface area (Å²) in [6.45, 7) is 15.2. The SMILES string of the molecule is CC=C(C)C(=O)O[C@@H]1[C@@H](O)[C@H](O[C@H]2CC[C@]3(C)[C@H]4CC=C5[C@@H]6CC(C)(C)[C@@H](O)[C@H](O)[C@]6(CO[C@@H]6O[C@H](CO[C@@H]7O[C@H](CO)[C@@H](O)[C@H](O)[C@H]7O)[C@@H](O)[C@H](O)[C@H]6O[C@@H]6O[C@H](CO)[C@@H](O)[C@H](O)[C@H]6O)CC[C@@]5(C)[C@]4(C)CC[C@H]3C2(C)C)O[C@H](CO[C@@H]2O[C@H](CO)[C@@H](O)[C@H](O)[C@H]2O)[C@H]1OC(C)=O. The van der Waals surface area contributed by atoms with E-state index < -0.39 is 244 Å². The molecule has 0 aromatic heterocycles. The van der Waals surface area contributed by atoms with E-state index in [0.29, 0.717) is 32.1 Å². The molecule has 10 aliphatic rings. The Morgan fingerprint density at radius 3 is 1.57 bits per heavy atom. The Labute approximate surface area is 569 Å². The van der Waals surface area contributed by atoms with Crippen molar-refractivity contribution in [3.8, 4) is 0 Å². The van der Waals surface area contributed by atoms with Gasteiger partial charge < -0.3 is 144 Å². The van der Waals surface area contributed by atoms with E-state index >= 15 is 0 Å². The molecule has 5 saturated heterocycles. The average molecular weight is 1410 g/mol. The van der Waals surface area contributed by atoms with Crippen LogP contribution in [0.4, 0.5) is 0 Å². The fourth-order valence-electron chi connectivity index (χ4n) is 18.8. The Balaban J connectivity index is 0.914. The number of hydrogen-bond acceptors (Lipinski definition) is 31. The third-order valence-corrected chi connectivity index (χ3v) is 25.1. The van der Waals surface area contributed by atoms with Gasteiger partial charge in [0.25, 0.3) is 0 Å². The molecule has 0 spiro atoms. The van der Waals surface area contributed by atoms with Crippen LogP contribution in [0.25, 0.3) is 0 Å². The third-order valence-electron chi connectivity index (χ3n) is 25.1. The van der Waals surface area contributed by atoms with Crippen LogP contribution in [0.3, 0.4) is 0 Å². The second-order valence-electron chi connectivity index (χ2n) is 31.3. The van der Waals surface area contributed by atoms with Crippen LogP contribution in [0.5, 0.6) is 0 Å². The average Bonchev–Trinajstić information content (AvgIpc) is 0.674. The smallest absolute Gasteiger partial charge is 0.333 e. The Morgan fingerprint density at radius 1 is 0.510 bits per heavy atom. The molecule has 0 unspecified atom stereocenters. The number of esters is 2. The second kappa shape index (κ2) is 29.7. The summed E-state index contributed by atoms with van der Waals surface area (Å²) >= 11 is 0. The lowest BCUT2D eigenvalue weighted by Gasteiger charge is -2.72. The molecule has 5 heterocycles. The van der Waals surface area contributed by atoms with Crippen molar-refractivity contribution >= 4 is 11.9 Å². The summed E-state index contributed by atoms with van der Waals surface area (Å²) in [6.07, 6.45) is -37.7. The minimum atomic E-state index is -1.99. The fraction of sp³-hybridized carbons (Fsp3) is 0.910. The van der Waals surface area contributed by atoms with Crippen LogP contribution in [-0.2, 0) is 66.4 Å². The van der Waals surface area contributed by atoms with Crippen molar-refractivity contribution in [2.24, 2.45) is 50.2 Å². The maximum Gasteiger partial charge on any atom is 0.333 e. The van der Waals surface area contributed by atoms with Gasteiger partial charge in [-0.25, -0.2) is 4.79 Å². The number of aliphatic hydroxyl groups is 17. The molecule has 98 heavy (non-hydrogen) atoms. The summed E-state index contributed by atoms with van der Waals surface area (Å²) in [5.41, 5.74) is -2.79. The zero-order valence-electron chi connectivity index (χ0n) is 57.3. The molecule has 10 rings (SSSR count). The molecule has 9 fully saturated rings. The molecule has 0 aromatic rings. The lowest BCUT2D eigenvalue weighted by atomic mass is 9.33. The first-order valence-corrected chi connectivity index (χ1v) is 34.4. The normalized spacial score (nSPS) is 50.9. The number of aliphatic hydroxyl groups excluding tert-OH is 17. The van der Waals surface area contributed by atoms with Gasteiger partial charge in [0.15, 0.2) is 43.7 Å². The largest absolute Gasteiger partial charge is 0.456 e. The zero-order valence-corrected chi connectivity index (χ0v) is 57.3. The van der Waals surface area contributed by atoms with Crippen LogP contribution >= 0.6 is 0 Å². The first kappa shape index (κ1) is 77.9. The van der Waals surface area contributed by atoms with E-state index in [4.69, 9.17) is 56.8 Å². The monoisotopic (exact) mass is 1410 g/mol. The highest BCUT2D eigenvalue weighted by atomic mass is 16.8. The number of hydrogen-bond donors (Lipinski definition) is 17. The van der Waals surface area contributed by atoms with Gasteiger partial charge in [0.2, 0.25) is 0 Å². The molecule has 0 bridgehead atoms. The predicted molar refractivity (Wildman–Crippen MR) is 331 cm³/mol. The van der Waals surface area contributed by atoms with Crippen LogP contribution < -0.4 is 0 Å². The molecule has 5 aliphatic heterocycles. The summed E-state index contributed by atoms with van der Waals surface area (Å²) in [7, 11) is 0. The van der Waals surface area contributed by atoms with Crippen LogP contribution in [0.1, 0.15) is 121 Å². The van der Waals surface area contributed by atoms with Crippen molar-refractivity contribution in [2.75, 3.05) is 39.6 Å². The second-order valence-corrected chi connectivity index (χ2v) is 31.3. The van der Waals surface area contributed by atoms with E-state index in [0.717, 1.165) is 25.3 Å². The van der Waals surface area contributed by atoms with Crippen LogP contribution in [0, 0.1) is 50.2 Å². The maximum atomic E-state index is 13.5. The first-order valence-electron chi connectivity index (χ1n) is 34.4. The lowest BCUT2D eigenvalue weighted by molar-refractivity contribution is -0.376. The summed E-state index contributed by atoms with van der Waals surface area (Å²) < 4.78 is 72.7. The summed E-state index contributed by atoms with van der Waals surface area (Å²) in [5, 5.41) is 187. The predicted octanol–water partition coefficient (Wildman–Crippen LogP) is -3.71. The van der Waals surface area contributed by atoms with E-state index in [1.54, 1.807) is 6.92 Å². The lowest BCUT2D eigenvalue weighted by Crippen LogP contribution is -2.69. The van der Waals surface area contributed by atoms with Gasteiger partial charge in [0, 0.05) is 17.9 Å². The van der Waals surface area contributed by atoms with Gasteiger partial charge >= 0.3 is 11.9 Å². The van der Waals surface area contributed by atoms with Crippen molar-refractivity contribution in [1.82, 2.24) is 0 Å². The van der Waals surface area contributed by atoms with E-state index in [1.807, 2.05) is 13.8 Å². The Bertz CT molecular complexity index is 2800. The van der Waals surface area contributed by atoms with Gasteiger partial charge in [-0.2, -0.15) is 0 Å². The third kappa shape index (κ3) is 13.7. The molecular formula is C67H108O31. The summed E-state index contributed by atoms with van der Waals surface area (Å²) in [5.74, 6) is -2.07. The Hall–Kier alpha value is -2.66. The minimum Gasteiger partial charge on any atom is -0.456 e. The number of fused-ring (bicyclic) bond motifs is 7. The maximum absolute atomic E-state index is 13.5. The summed E-state index contributed by atoms with van der Waals surface area (Å²) in [4.78, 5) is 26.3. The number of carbonyl (C=O) groups is 2. The van der Waals surface area contributed by atoms with Gasteiger partial charge in [-0.05, 0) is 110 Å². The van der Waals surface area contributed by atoms with Gasteiger partial charge in [-0.1, -0.05) is 66.2 Å². The van der Waals surface area contributed by atoms with Gasteiger partial charge in [0.05, 0.1) is 58.0 Å². The number of ether oxygens (including phenoxy) is 12. The molecule has 5 aliphatic carbocycles. The molecule has 17 N–H and O–H groups in total. The molecule has 562 valence electrons.